The number of halogens is 1. The number of benzene rings is 1. The fourth-order valence-electron chi connectivity index (χ4n) is 2.40. The molecule has 4 nitrogen and oxygen atoms in total. The zero-order valence-electron chi connectivity index (χ0n) is 10.9. The van der Waals surface area contributed by atoms with E-state index < -0.39 is 9.84 Å². The Balaban J connectivity index is 2.40. The third-order valence-electron chi connectivity index (χ3n) is 3.32. The number of ketones is 1. The molecule has 0 aliphatic carbocycles. The van der Waals surface area contributed by atoms with Gasteiger partial charge in [0.25, 0.3) is 0 Å². The summed E-state index contributed by atoms with van der Waals surface area (Å²) in [6, 6.07) is 5.42. The van der Waals surface area contributed by atoms with Gasteiger partial charge in [0, 0.05) is 28.3 Å². The lowest BCUT2D eigenvalue weighted by atomic mass is 10.1. The lowest BCUT2D eigenvalue weighted by Gasteiger charge is -2.36. The van der Waals surface area contributed by atoms with Crippen LogP contribution in [0.15, 0.2) is 22.7 Å². The van der Waals surface area contributed by atoms with E-state index >= 15 is 0 Å². The summed E-state index contributed by atoms with van der Waals surface area (Å²) in [7, 11) is -2.95. The number of carbonyl (C=O) groups is 1. The molecule has 1 fully saturated rings. The van der Waals surface area contributed by atoms with Gasteiger partial charge in [-0.1, -0.05) is 15.9 Å². The van der Waals surface area contributed by atoms with E-state index in [1.165, 1.54) is 6.92 Å². The van der Waals surface area contributed by atoms with Crippen LogP contribution >= 0.6 is 15.9 Å². The van der Waals surface area contributed by atoms with Crippen LogP contribution in [-0.2, 0) is 9.84 Å². The normalized spacial score (nSPS) is 22.3. The molecule has 0 N–H and O–H groups in total. The van der Waals surface area contributed by atoms with E-state index in [4.69, 9.17) is 0 Å². The fourth-order valence-corrected chi connectivity index (χ4v) is 4.31. The maximum absolute atomic E-state index is 11.7. The molecule has 0 saturated carbocycles. The second-order valence-corrected chi connectivity index (χ2v) is 8.02. The van der Waals surface area contributed by atoms with Gasteiger partial charge in [-0.25, -0.2) is 8.42 Å². The van der Waals surface area contributed by atoms with E-state index in [1.807, 2.05) is 24.0 Å². The Labute approximate surface area is 121 Å². The summed E-state index contributed by atoms with van der Waals surface area (Å²) in [6.45, 7) is 3.84. The van der Waals surface area contributed by atoms with Gasteiger partial charge in [-0.15, -0.1) is 0 Å². The molecular weight excluding hydrogens is 330 g/mol. The summed E-state index contributed by atoms with van der Waals surface area (Å²) < 4.78 is 24.1. The summed E-state index contributed by atoms with van der Waals surface area (Å²) in [6.07, 6.45) is 0. The van der Waals surface area contributed by atoms with E-state index in [9.17, 15) is 13.2 Å². The van der Waals surface area contributed by atoms with Crippen LogP contribution < -0.4 is 4.90 Å². The average molecular weight is 346 g/mol. The van der Waals surface area contributed by atoms with Crippen molar-refractivity contribution in [3.63, 3.8) is 0 Å². The number of rotatable bonds is 2. The summed E-state index contributed by atoms with van der Waals surface area (Å²) in [5, 5.41) is 0. The van der Waals surface area contributed by atoms with Crippen molar-refractivity contribution in [2.45, 2.75) is 19.9 Å². The van der Waals surface area contributed by atoms with Gasteiger partial charge < -0.3 is 4.90 Å². The first-order valence-electron chi connectivity index (χ1n) is 6.08. The summed E-state index contributed by atoms with van der Waals surface area (Å²) in [5.74, 6) is 0.266. The standard InChI is InChI=1S/C13H16BrNO3S/c1-9-8-19(17,18)6-5-15(9)13-4-3-11(14)7-12(13)10(2)16/h3-4,7,9H,5-6,8H2,1-2H3. The molecule has 1 heterocycles. The third kappa shape index (κ3) is 3.17. The van der Waals surface area contributed by atoms with E-state index in [-0.39, 0.29) is 23.3 Å². The fraction of sp³-hybridized carbons (Fsp3) is 0.462. The van der Waals surface area contributed by atoms with Crippen LogP contribution in [0, 0.1) is 0 Å². The molecule has 1 aromatic rings. The van der Waals surface area contributed by atoms with Gasteiger partial charge in [0.2, 0.25) is 0 Å². The van der Waals surface area contributed by atoms with E-state index in [0.717, 1.165) is 10.2 Å². The molecule has 0 spiro atoms. The molecule has 1 aliphatic heterocycles. The number of Topliss-reactive ketones (excluding diaryl/α,β-unsaturated/α-hetero) is 1. The Morgan fingerprint density at radius 3 is 2.68 bits per heavy atom. The van der Waals surface area contributed by atoms with Gasteiger partial charge >= 0.3 is 0 Å². The van der Waals surface area contributed by atoms with Crippen LogP contribution in [0.2, 0.25) is 0 Å². The molecule has 1 aromatic carbocycles. The molecule has 0 radical (unpaired) electrons. The Morgan fingerprint density at radius 2 is 2.11 bits per heavy atom. The SMILES string of the molecule is CC(=O)c1cc(Br)ccc1N1CCS(=O)(=O)CC1C. The quantitative estimate of drug-likeness (QED) is 0.771. The molecule has 1 unspecified atom stereocenters. The maximum Gasteiger partial charge on any atom is 0.161 e. The van der Waals surface area contributed by atoms with Crippen molar-refractivity contribution in [2.24, 2.45) is 0 Å². The van der Waals surface area contributed by atoms with Crippen LogP contribution in [0.5, 0.6) is 0 Å². The number of hydrogen-bond acceptors (Lipinski definition) is 4. The maximum atomic E-state index is 11.7. The number of nitrogens with zero attached hydrogens (tertiary/aromatic N) is 1. The lowest BCUT2D eigenvalue weighted by Crippen LogP contribution is -2.47. The van der Waals surface area contributed by atoms with Gasteiger partial charge in [-0.3, -0.25) is 4.79 Å². The smallest absolute Gasteiger partial charge is 0.161 e. The van der Waals surface area contributed by atoms with Gasteiger partial charge in [0.15, 0.2) is 15.6 Å². The zero-order valence-corrected chi connectivity index (χ0v) is 13.3. The molecule has 6 heteroatoms. The zero-order chi connectivity index (χ0) is 14.2. The third-order valence-corrected chi connectivity index (χ3v) is 5.61. The molecular formula is C13H16BrNO3S. The highest BCUT2D eigenvalue weighted by molar-refractivity contribution is 9.10. The number of sulfone groups is 1. The van der Waals surface area contributed by atoms with Crippen LogP contribution in [0.4, 0.5) is 5.69 Å². The highest BCUT2D eigenvalue weighted by atomic mass is 79.9. The largest absolute Gasteiger partial charge is 0.366 e. The van der Waals surface area contributed by atoms with Gasteiger partial charge in [-0.05, 0) is 32.0 Å². The molecule has 0 bridgehead atoms. The van der Waals surface area contributed by atoms with Crippen molar-refractivity contribution in [1.82, 2.24) is 0 Å². The molecule has 1 aliphatic rings. The van der Waals surface area contributed by atoms with Crippen LogP contribution in [0.3, 0.4) is 0 Å². The lowest BCUT2D eigenvalue weighted by molar-refractivity contribution is 0.101. The number of anilines is 1. The summed E-state index contributed by atoms with van der Waals surface area (Å²) in [5.41, 5.74) is 1.44. The van der Waals surface area contributed by atoms with Crippen LogP contribution in [0.1, 0.15) is 24.2 Å². The predicted octanol–water partition coefficient (Wildman–Crippen LogP) is 2.28. The Bertz CT molecular complexity index is 612. The Morgan fingerprint density at radius 1 is 1.42 bits per heavy atom. The summed E-state index contributed by atoms with van der Waals surface area (Å²) >= 11 is 3.36. The molecule has 1 saturated heterocycles. The van der Waals surface area contributed by atoms with E-state index in [1.54, 1.807) is 6.07 Å². The first kappa shape index (κ1) is 14.5. The molecule has 1 atom stereocenters. The predicted molar refractivity (Wildman–Crippen MR) is 79.6 cm³/mol. The second kappa shape index (κ2) is 5.25. The van der Waals surface area contributed by atoms with E-state index in [2.05, 4.69) is 15.9 Å². The topological polar surface area (TPSA) is 54.5 Å². The second-order valence-electron chi connectivity index (χ2n) is 4.87. The minimum atomic E-state index is -2.95. The Kier molecular flexibility index (Phi) is 4.01. The molecule has 0 amide bonds. The average Bonchev–Trinajstić information content (AvgIpc) is 2.28. The van der Waals surface area contributed by atoms with Gasteiger partial charge in [-0.2, -0.15) is 0 Å². The van der Waals surface area contributed by atoms with Crippen molar-refractivity contribution in [3.05, 3.63) is 28.2 Å². The van der Waals surface area contributed by atoms with Crippen molar-refractivity contribution < 1.29 is 13.2 Å². The minimum Gasteiger partial charge on any atom is -0.366 e. The van der Waals surface area contributed by atoms with Crippen molar-refractivity contribution >= 4 is 37.2 Å². The molecule has 0 aromatic heterocycles. The highest BCUT2D eigenvalue weighted by Gasteiger charge is 2.29. The van der Waals surface area contributed by atoms with Gasteiger partial charge in [0.1, 0.15) is 0 Å². The number of hydrogen-bond donors (Lipinski definition) is 0. The van der Waals surface area contributed by atoms with Crippen molar-refractivity contribution in [1.29, 1.82) is 0 Å². The highest BCUT2D eigenvalue weighted by Crippen LogP contribution is 2.28. The van der Waals surface area contributed by atoms with Crippen molar-refractivity contribution in [2.75, 3.05) is 23.0 Å². The van der Waals surface area contributed by atoms with Crippen LogP contribution in [0.25, 0.3) is 0 Å². The molecule has 2 rings (SSSR count). The molecule has 104 valence electrons. The van der Waals surface area contributed by atoms with E-state index in [0.29, 0.717) is 12.1 Å². The van der Waals surface area contributed by atoms with Gasteiger partial charge in [0.05, 0.1) is 11.5 Å². The molecule has 19 heavy (non-hydrogen) atoms. The van der Waals surface area contributed by atoms with Crippen LogP contribution in [-0.4, -0.2) is 38.3 Å². The van der Waals surface area contributed by atoms with Crippen molar-refractivity contribution in [3.8, 4) is 0 Å². The first-order valence-corrected chi connectivity index (χ1v) is 8.69. The Hall–Kier alpha value is -0.880. The summed E-state index contributed by atoms with van der Waals surface area (Å²) in [4.78, 5) is 13.7. The number of carbonyl (C=O) groups excluding carboxylic acids is 1. The first-order chi connectivity index (χ1) is 8.80. The minimum absolute atomic E-state index is 0.0167. The monoisotopic (exact) mass is 345 g/mol.